The lowest BCUT2D eigenvalue weighted by molar-refractivity contribution is 0.0153. The lowest BCUT2D eigenvalue weighted by Gasteiger charge is -2.28. The van der Waals surface area contributed by atoms with Crippen molar-refractivity contribution in [3.63, 3.8) is 0 Å². The molecule has 3 atom stereocenters. The number of nitrogens with one attached hydrogen (secondary N) is 1. The van der Waals surface area contributed by atoms with Gasteiger partial charge in [-0.05, 0) is 50.9 Å². The number of fused-ring (bicyclic) bond motifs is 2. The molecule has 5 nitrogen and oxygen atoms in total. The average molecular weight is 291 g/mol. The molecule has 4 heterocycles. The summed E-state index contributed by atoms with van der Waals surface area (Å²) in [6.07, 6.45) is 10.8. The zero-order valence-electron chi connectivity index (χ0n) is 12.6. The quantitative estimate of drug-likeness (QED) is 0.922. The molecule has 5 heteroatoms. The Balaban J connectivity index is 1.32. The lowest BCUT2D eigenvalue weighted by atomic mass is 9.90. The predicted octanol–water partition coefficient (Wildman–Crippen LogP) is 2.25. The summed E-state index contributed by atoms with van der Waals surface area (Å²) in [6.45, 7) is 0.882. The second-order valence-electron chi connectivity index (χ2n) is 6.98. The Labute approximate surface area is 125 Å². The molecule has 2 bridgehead atoms. The Hall–Kier alpha value is -0.940. The van der Waals surface area contributed by atoms with E-state index in [1.807, 2.05) is 0 Å². The van der Waals surface area contributed by atoms with Gasteiger partial charge in [0.2, 0.25) is 5.89 Å². The van der Waals surface area contributed by atoms with Crippen LogP contribution in [-0.4, -0.2) is 34.9 Å². The summed E-state index contributed by atoms with van der Waals surface area (Å²) in [5.74, 6) is 2.36. The van der Waals surface area contributed by atoms with Crippen molar-refractivity contribution in [1.82, 2.24) is 15.5 Å². The highest BCUT2D eigenvalue weighted by Crippen LogP contribution is 2.32. The van der Waals surface area contributed by atoms with Gasteiger partial charge in [-0.2, -0.15) is 4.98 Å². The minimum Gasteiger partial charge on any atom is -0.378 e. The van der Waals surface area contributed by atoms with Gasteiger partial charge in [-0.25, -0.2) is 0 Å². The zero-order valence-corrected chi connectivity index (χ0v) is 12.6. The molecule has 116 valence electrons. The van der Waals surface area contributed by atoms with Gasteiger partial charge in [-0.1, -0.05) is 5.16 Å². The van der Waals surface area contributed by atoms with Gasteiger partial charge in [-0.15, -0.1) is 0 Å². The van der Waals surface area contributed by atoms with Crippen LogP contribution in [-0.2, 0) is 17.6 Å². The fourth-order valence-corrected chi connectivity index (χ4v) is 4.22. The number of rotatable bonds is 4. The van der Waals surface area contributed by atoms with E-state index in [9.17, 15) is 0 Å². The zero-order chi connectivity index (χ0) is 14.1. The molecule has 0 amide bonds. The number of nitrogens with zero attached hydrogens (tertiary/aromatic N) is 2. The average Bonchev–Trinajstić information content (AvgIpc) is 3.07. The summed E-state index contributed by atoms with van der Waals surface area (Å²) in [7, 11) is 0. The number of hydrogen-bond acceptors (Lipinski definition) is 5. The summed E-state index contributed by atoms with van der Waals surface area (Å²) in [5.41, 5.74) is 0. The maximum Gasteiger partial charge on any atom is 0.226 e. The third kappa shape index (κ3) is 3.29. The molecule has 0 aliphatic carbocycles. The molecule has 4 rings (SSSR count). The number of piperidine rings is 1. The molecule has 0 radical (unpaired) electrons. The number of hydrogen-bond donors (Lipinski definition) is 1. The van der Waals surface area contributed by atoms with Crippen LogP contribution in [0.1, 0.15) is 56.7 Å². The molecule has 0 aromatic carbocycles. The maximum absolute atomic E-state index is 5.75. The van der Waals surface area contributed by atoms with Crippen LogP contribution < -0.4 is 5.32 Å². The molecule has 0 saturated carbocycles. The number of aromatic nitrogens is 2. The van der Waals surface area contributed by atoms with E-state index in [2.05, 4.69) is 15.5 Å². The summed E-state index contributed by atoms with van der Waals surface area (Å²) >= 11 is 0. The minimum absolute atomic E-state index is 0.291. The highest BCUT2D eigenvalue weighted by Gasteiger charge is 2.34. The summed E-state index contributed by atoms with van der Waals surface area (Å²) in [5, 5.41) is 7.83. The molecule has 1 aromatic rings. The monoisotopic (exact) mass is 291 g/mol. The molecule has 1 aromatic heterocycles. The molecule has 21 heavy (non-hydrogen) atoms. The highest BCUT2D eigenvalue weighted by atomic mass is 16.5. The summed E-state index contributed by atoms with van der Waals surface area (Å²) < 4.78 is 11.2. The molecular weight excluding hydrogens is 266 g/mol. The van der Waals surface area contributed by atoms with E-state index in [4.69, 9.17) is 9.26 Å². The van der Waals surface area contributed by atoms with Gasteiger partial charge < -0.3 is 14.6 Å². The molecular formula is C16H25N3O2. The van der Waals surface area contributed by atoms with Crippen LogP contribution in [0.5, 0.6) is 0 Å². The first-order valence-corrected chi connectivity index (χ1v) is 8.54. The van der Waals surface area contributed by atoms with E-state index in [1.165, 1.54) is 38.5 Å². The van der Waals surface area contributed by atoms with E-state index in [0.29, 0.717) is 12.0 Å². The minimum atomic E-state index is 0.291. The Morgan fingerprint density at radius 1 is 1.05 bits per heavy atom. The maximum atomic E-state index is 5.75. The normalized spacial score (nSPS) is 36.0. The first-order chi connectivity index (χ1) is 10.3. The Morgan fingerprint density at radius 2 is 1.90 bits per heavy atom. The van der Waals surface area contributed by atoms with Crippen LogP contribution in [0.2, 0.25) is 0 Å². The fraction of sp³-hybridized carbons (Fsp3) is 0.875. The van der Waals surface area contributed by atoms with Crippen molar-refractivity contribution in [3.05, 3.63) is 11.7 Å². The largest absolute Gasteiger partial charge is 0.378 e. The van der Waals surface area contributed by atoms with Gasteiger partial charge in [0.05, 0.1) is 6.10 Å². The van der Waals surface area contributed by atoms with E-state index in [0.717, 1.165) is 49.7 Å². The van der Waals surface area contributed by atoms with Gasteiger partial charge in [0.1, 0.15) is 0 Å². The van der Waals surface area contributed by atoms with Crippen LogP contribution in [0, 0.1) is 5.92 Å². The van der Waals surface area contributed by atoms with Crippen molar-refractivity contribution in [2.24, 2.45) is 5.92 Å². The van der Waals surface area contributed by atoms with Crippen molar-refractivity contribution in [1.29, 1.82) is 0 Å². The van der Waals surface area contributed by atoms with Gasteiger partial charge in [0, 0.05) is 31.5 Å². The van der Waals surface area contributed by atoms with Crippen LogP contribution >= 0.6 is 0 Å². The van der Waals surface area contributed by atoms with Crippen LogP contribution in [0.25, 0.3) is 0 Å². The number of ether oxygens (including phenoxy) is 1. The second-order valence-corrected chi connectivity index (χ2v) is 6.98. The third-order valence-electron chi connectivity index (χ3n) is 5.23. The topological polar surface area (TPSA) is 60.2 Å². The van der Waals surface area contributed by atoms with Crippen molar-refractivity contribution in [2.45, 2.75) is 76.0 Å². The van der Waals surface area contributed by atoms with Crippen molar-refractivity contribution in [3.8, 4) is 0 Å². The van der Waals surface area contributed by atoms with Crippen LogP contribution in [0.3, 0.4) is 0 Å². The second kappa shape index (κ2) is 6.05. The molecule has 0 spiro atoms. The van der Waals surface area contributed by atoms with Gasteiger partial charge in [-0.3, -0.25) is 0 Å². The molecule has 3 aliphatic rings. The van der Waals surface area contributed by atoms with E-state index < -0.39 is 0 Å². The molecule has 3 fully saturated rings. The molecule has 3 saturated heterocycles. The van der Waals surface area contributed by atoms with E-state index in [1.54, 1.807) is 0 Å². The van der Waals surface area contributed by atoms with E-state index >= 15 is 0 Å². The van der Waals surface area contributed by atoms with Gasteiger partial charge in [0.15, 0.2) is 5.82 Å². The van der Waals surface area contributed by atoms with E-state index in [-0.39, 0.29) is 0 Å². The highest BCUT2D eigenvalue weighted by molar-refractivity contribution is 4.96. The standard InChI is InChI=1S/C16H25N3O2/c1-2-6-20-14(3-1)10-15-18-16(21-19-15)9-11-7-12-4-5-13(8-11)17-12/h11-14,17H,1-10H2. The molecule has 3 unspecified atom stereocenters. The third-order valence-corrected chi connectivity index (χ3v) is 5.23. The smallest absolute Gasteiger partial charge is 0.226 e. The van der Waals surface area contributed by atoms with Crippen LogP contribution in [0.4, 0.5) is 0 Å². The summed E-state index contributed by atoms with van der Waals surface area (Å²) in [4.78, 5) is 4.59. The predicted molar refractivity (Wildman–Crippen MR) is 78.0 cm³/mol. The van der Waals surface area contributed by atoms with Crippen molar-refractivity contribution in [2.75, 3.05) is 6.61 Å². The van der Waals surface area contributed by atoms with Gasteiger partial charge in [0.25, 0.3) is 0 Å². The lowest BCUT2D eigenvalue weighted by Crippen LogP contribution is -2.38. The Kier molecular flexibility index (Phi) is 3.95. The molecule has 3 aliphatic heterocycles. The van der Waals surface area contributed by atoms with Gasteiger partial charge >= 0.3 is 0 Å². The Bertz CT molecular complexity index is 458. The summed E-state index contributed by atoms with van der Waals surface area (Å²) in [6, 6.07) is 1.46. The van der Waals surface area contributed by atoms with Crippen molar-refractivity contribution < 1.29 is 9.26 Å². The first-order valence-electron chi connectivity index (χ1n) is 8.54. The molecule has 1 N–H and O–H groups in total. The SMILES string of the molecule is C1CCC(Cc2noc(CC3CC4CCC(C3)N4)n2)OC1. The van der Waals surface area contributed by atoms with Crippen LogP contribution in [0.15, 0.2) is 4.52 Å². The Morgan fingerprint density at radius 3 is 2.67 bits per heavy atom. The van der Waals surface area contributed by atoms with Crippen molar-refractivity contribution >= 4 is 0 Å². The fourth-order valence-electron chi connectivity index (χ4n) is 4.22. The first kappa shape index (κ1) is 13.7.